The number of nitrogens with one attached hydrogen (secondary N) is 1. The predicted octanol–water partition coefficient (Wildman–Crippen LogP) is 3.08. The van der Waals surface area contributed by atoms with Gasteiger partial charge in [-0.3, -0.25) is 4.79 Å². The van der Waals surface area contributed by atoms with Crippen molar-refractivity contribution in [2.24, 2.45) is 0 Å². The van der Waals surface area contributed by atoms with Crippen molar-refractivity contribution < 1.29 is 18.0 Å². The number of carbonyl (C=O) groups is 1. The Hall–Kier alpha value is -2.30. The molecule has 2 nitrogen and oxygen atoms in total. The van der Waals surface area contributed by atoms with Crippen molar-refractivity contribution >= 4 is 5.91 Å². The van der Waals surface area contributed by atoms with Gasteiger partial charge in [0.05, 0.1) is 0 Å². The lowest BCUT2D eigenvalue weighted by molar-refractivity contribution is 0.0953. The van der Waals surface area contributed by atoms with E-state index >= 15 is 0 Å². The van der Waals surface area contributed by atoms with Crippen molar-refractivity contribution in [2.45, 2.75) is 6.42 Å². The third-order valence-electron chi connectivity index (χ3n) is 2.82. The molecule has 20 heavy (non-hydrogen) atoms. The molecule has 0 saturated carbocycles. The highest BCUT2D eigenvalue weighted by Crippen LogP contribution is 2.09. The van der Waals surface area contributed by atoms with E-state index in [1.165, 1.54) is 12.1 Å². The van der Waals surface area contributed by atoms with Crippen LogP contribution in [0.15, 0.2) is 42.5 Å². The largest absolute Gasteiger partial charge is 0.352 e. The molecule has 0 fully saturated rings. The zero-order chi connectivity index (χ0) is 14.5. The van der Waals surface area contributed by atoms with Crippen molar-refractivity contribution in [1.29, 1.82) is 0 Å². The van der Waals surface area contributed by atoms with Crippen LogP contribution in [-0.4, -0.2) is 12.5 Å². The van der Waals surface area contributed by atoms with Crippen molar-refractivity contribution in [3.8, 4) is 0 Å². The molecule has 0 unspecified atom stereocenters. The summed E-state index contributed by atoms with van der Waals surface area (Å²) in [5.41, 5.74) is 0.510. The van der Waals surface area contributed by atoms with E-state index < -0.39 is 17.5 Å². The second-order valence-corrected chi connectivity index (χ2v) is 4.23. The van der Waals surface area contributed by atoms with Gasteiger partial charge in [-0.05, 0) is 36.2 Å². The molecule has 0 aliphatic rings. The Morgan fingerprint density at radius 3 is 2.40 bits per heavy atom. The van der Waals surface area contributed by atoms with E-state index in [9.17, 15) is 18.0 Å². The Morgan fingerprint density at radius 1 is 0.950 bits per heavy atom. The molecular weight excluding hydrogens is 267 g/mol. The monoisotopic (exact) mass is 279 g/mol. The van der Waals surface area contributed by atoms with Gasteiger partial charge in [-0.15, -0.1) is 0 Å². The fourth-order valence-electron chi connectivity index (χ4n) is 1.75. The zero-order valence-corrected chi connectivity index (χ0v) is 10.5. The molecule has 2 aromatic rings. The normalized spacial score (nSPS) is 10.3. The number of halogens is 3. The number of hydrogen-bond acceptors (Lipinski definition) is 1. The van der Waals surface area contributed by atoms with E-state index in [2.05, 4.69) is 5.32 Å². The van der Waals surface area contributed by atoms with Crippen LogP contribution in [0.3, 0.4) is 0 Å². The summed E-state index contributed by atoms with van der Waals surface area (Å²) in [7, 11) is 0. The third-order valence-corrected chi connectivity index (χ3v) is 2.82. The maximum atomic E-state index is 13.3. The smallest absolute Gasteiger partial charge is 0.251 e. The highest BCUT2D eigenvalue weighted by molar-refractivity contribution is 5.94. The minimum atomic E-state index is -1.08. The lowest BCUT2D eigenvalue weighted by Crippen LogP contribution is -2.26. The Kier molecular flexibility index (Phi) is 4.40. The van der Waals surface area contributed by atoms with Crippen LogP contribution in [0.5, 0.6) is 0 Å². The first kappa shape index (κ1) is 14.1. The van der Waals surface area contributed by atoms with E-state index in [4.69, 9.17) is 0 Å². The van der Waals surface area contributed by atoms with Gasteiger partial charge in [-0.1, -0.05) is 18.2 Å². The van der Waals surface area contributed by atoms with E-state index in [0.29, 0.717) is 12.0 Å². The van der Waals surface area contributed by atoms with Gasteiger partial charge >= 0.3 is 0 Å². The minimum Gasteiger partial charge on any atom is -0.352 e. The van der Waals surface area contributed by atoms with Crippen molar-refractivity contribution in [3.63, 3.8) is 0 Å². The van der Waals surface area contributed by atoms with Crippen LogP contribution in [0.25, 0.3) is 0 Å². The molecule has 0 radical (unpaired) electrons. The first-order valence-electron chi connectivity index (χ1n) is 6.04. The summed E-state index contributed by atoms with van der Waals surface area (Å²) < 4.78 is 39.0. The summed E-state index contributed by atoms with van der Waals surface area (Å²) >= 11 is 0. The number of benzene rings is 2. The van der Waals surface area contributed by atoms with Gasteiger partial charge in [0.2, 0.25) is 0 Å². The molecule has 104 valence electrons. The molecule has 0 spiro atoms. The molecule has 1 N–H and O–H groups in total. The topological polar surface area (TPSA) is 29.1 Å². The second-order valence-electron chi connectivity index (χ2n) is 4.23. The second kappa shape index (κ2) is 6.23. The maximum Gasteiger partial charge on any atom is 0.251 e. The van der Waals surface area contributed by atoms with E-state index in [0.717, 1.165) is 12.1 Å². The van der Waals surface area contributed by atoms with Gasteiger partial charge in [0.15, 0.2) is 11.6 Å². The van der Waals surface area contributed by atoms with Crippen molar-refractivity contribution in [1.82, 2.24) is 5.32 Å². The lowest BCUT2D eigenvalue weighted by atomic mass is 10.1. The van der Waals surface area contributed by atoms with Gasteiger partial charge in [-0.25, -0.2) is 13.2 Å². The molecule has 2 aromatic carbocycles. The highest BCUT2D eigenvalue weighted by atomic mass is 19.2. The van der Waals surface area contributed by atoms with Crippen LogP contribution < -0.4 is 5.32 Å². The fraction of sp³-hybridized carbons (Fsp3) is 0.133. The van der Waals surface area contributed by atoms with Crippen LogP contribution >= 0.6 is 0 Å². The van der Waals surface area contributed by atoms with E-state index in [1.54, 1.807) is 18.2 Å². The average molecular weight is 279 g/mol. The number of carbonyl (C=O) groups excluding carboxylic acids is 1. The number of hydrogen-bond donors (Lipinski definition) is 1. The van der Waals surface area contributed by atoms with Gasteiger partial charge in [0.1, 0.15) is 5.82 Å². The summed E-state index contributed by atoms with van der Waals surface area (Å²) in [5, 5.41) is 2.53. The van der Waals surface area contributed by atoms with Crippen LogP contribution in [0.2, 0.25) is 0 Å². The molecule has 0 aliphatic heterocycles. The predicted molar refractivity (Wildman–Crippen MR) is 68.8 cm³/mol. The summed E-state index contributed by atoms with van der Waals surface area (Å²) in [4.78, 5) is 11.7. The number of rotatable bonds is 4. The average Bonchev–Trinajstić information content (AvgIpc) is 2.44. The zero-order valence-electron chi connectivity index (χ0n) is 10.5. The first-order valence-corrected chi connectivity index (χ1v) is 6.04. The summed E-state index contributed by atoms with van der Waals surface area (Å²) in [6, 6.07) is 9.16. The Bertz CT molecular complexity index is 628. The van der Waals surface area contributed by atoms with Crippen LogP contribution in [0, 0.1) is 17.5 Å². The van der Waals surface area contributed by atoms with Crippen LogP contribution in [-0.2, 0) is 6.42 Å². The molecule has 0 atom stereocenters. The molecule has 0 bridgehead atoms. The van der Waals surface area contributed by atoms with Crippen molar-refractivity contribution in [2.75, 3.05) is 6.54 Å². The SMILES string of the molecule is O=C(NCCc1ccccc1F)c1ccc(F)c(F)c1. The van der Waals surface area contributed by atoms with Gasteiger partial charge in [0.25, 0.3) is 5.91 Å². The van der Waals surface area contributed by atoms with Crippen LogP contribution in [0.1, 0.15) is 15.9 Å². The molecule has 0 saturated heterocycles. The summed E-state index contributed by atoms with van der Waals surface area (Å²) in [6.07, 6.45) is 0.322. The standard InChI is InChI=1S/C15H12F3NO/c16-12-4-2-1-3-10(12)7-8-19-15(20)11-5-6-13(17)14(18)9-11/h1-6,9H,7-8H2,(H,19,20). The van der Waals surface area contributed by atoms with Crippen molar-refractivity contribution in [3.05, 3.63) is 71.0 Å². The van der Waals surface area contributed by atoms with Gasteiger partial charge < -0.3 is 5.32 Å². The molecule has 2 rings (SSSR count). The molecule has 1 amide bonds. The molecule has 0 aromatic heterocycles. The number of amides is 1. The quantitative estimate of drug-likeness (QED) is 0.915. The third kappa shape index (κ3) is 3.38. The minimum absolute atomic E-state index is 0.0254. The summed E-state index contributed by atoms with van der Waals surface area (Å²) in [6.45, 7) is 0.207. The Labute approximate surface area is 114 Å². The van der Waals surface area contributed by atoms with Crippen LogP contribution in [0.4, 0.5) is 13.2 Å². The first-order chi connectivity index (χ1) is 9.58. The molecular formula is C15H12F3NO. The maximum absolute atomic E-state index is 13.3. The fourth-order valence-corrected chi connectivity index (χ4v) is 1.75. The van der Waals surface area contributed by atoms with Gasteiger partial charge in [0, 0.05) is 12.1 Å². The molecule has 0 aliphatic carbocycles. The van der Waals surface area contributed by atoms with Gasteiger partial charge in [-0.2, -0.15) is 0 Å². The Morgan fingerprint density at radius 2 is 1.70 bits per heavy atom. The molecule has 0 heterocycles. The Balaban J connectivity index is 1.92. The summed E-state index contributed by atoms with van der Waals surface area (Å²) in [5.74, 6) is -2.95. The lowest BCUT2D eigenvalue weighted by Gasteiger charge is -2.06. The highest BCUT2D eigenvalue weighted by Gasteiger charge is 2.09. The molecule has 5 heteroatoms. The van der Waals surface area contributed by atoms with E-state index in [-0.39, 0.29) is 17.9 Å². The van der Waals surface area contributed by atoms with E-state index in [1.807, 2.05) is 0 Å².